The van der Waals surface area contributed by atoms with Crippen LogP contribution >= 0.6 is 0 Å². The van der Waals surface area contributed by atoms with Crippen molar-refractivity contribution < 1.29 is 80.8 Å². The number of aliphatic carboxylic acids is 2. The van der Waals surface area contributed by atoms with Crippen LogP contribution in [0, 0.1) is 50.2 Å². The summed E-state index contributed by atoms with van der Waals surface area (Å²) in [4.78, 5) is 50.1. The molecule has 4 saturated carbocycles. The summed E-state index contributed by atoms with van der Waals surface area (Å²) in [5.41, 5.74) is -0.479. The third-order valence-corrected chi connectivity index (χ3v) is 13.8. The minimum Gasteiger partial charge on any atom is -0.545 e. The molecule has 0 aliphatic heterocycles. The van der Waals surface area contributed by atoms with Crippen molar-refractivity contribution in [2.45, 2.75) is 112 Å². The first-order valence-electron chi connectivity index (χ1n) is 15.5. The van der Waals surface area contributed by atoms with E-state index in [-0.39, 0.29) is 108 Å². The number of hydrogen-bond acceptors (Lipinski definition) is 5. The summed E-state index contributed by atoms with van der Waals surface area (Å²) in [6.45, 7) is 15.6. The quantitative estimate of drug-likeness (QED) is 0.373. The molecule has 9 atom stereocenters. The summed E-state index contributed by atoms with van der Waals surface area (Å²) in [6.07, 6.45) is 11.4. The zero-order valence-corrected chi connectivity index (χ0v) is 30.0. The number of fused-ring (bicyclic) bond motifs is 7. The Bertz CT molecular complexity index is 1260. The van der Waals surface area contributed by atoms with Crippen LogP contribution in [0.3, 0.4) is 0 Å². The van der Waals surface area contributed by atoms with Gasteiger partial charge in [-0.05, 0) is 116 Å². The van der Waals surface area contributed by atoms with Crippen molar-refractivity contribution in [1.82, 2.24) is 5.32 Å². The minimum absolute atomic E-state index is 0. The Morgan fingerprint density at radius 2 is 1.57 bits per heavy atom. The SMILES string of the molecule is CC1(C)C2CC[C@]3(C)C(C(=O)C=C4[C@@H]5C[C@@](C)(C(=O)O)CC[C@]5(C)CC[C@]43C)[C@@]2(C)CC[C@@H]1NC(=O)/C=C/C(=O)[O-].[K+]. The maximum atomic E-state index is 14.5. The second kappa shape index (κ2) is 10.9. The molecule has 5 rings (SSSR count). The predicted octanol–water partition coefficient (Wildman–Crippen LogP) is 1.85. The van der Waals surface area contributed by atoms with Gasteiger partial charge in [0.2, 0.25) is 5.91 Å². The first-order chi connectivity index (χ1) is 18.8. The number of allylic oxidation sites excluding steroid dienone is 2. The van der Waals surface area contributed by atoms with Gasteiger partial charge in [0.05, 0.1) is 11.4 Å². The summed E-state index contributed by atoms with van der Waals surface area (Å²) in [5, 5.41) is 24.0. The number of carboxylic acid groups (broad SMARTS) is 2. The van der Waals surface area contributed by atoms with Gasteiger partial charge in [-0.3, -0.25) is 14.4 Å². The van der Waals surface area contributed by atoms with Gasteiger partial charge in [0, 0.05) is 18.0 Å². The molecule has 0 heterocycles. The standard InChI is InChI=1S/C34H49NO6.K/c1-29(2)23-10-13-34(7)27(32(23,5)12-11-24(29)35-25(37)8-9-26(38)39)22(36)18-20-21-19-31(4,28(40)41)15-14-30(21,3)16-17-33(20,34)6;/h8-9,18,21,23-24,27H,10-17,19H2,1-7H3,(H,35,37)(H,38,39)(H,40,41);/q;+1/p-1/b9-8+;/t21-,23?,24-,27?,30+,31-,32-,33+,34+;/m0./s1. The van der Waals surface area contributed by atoms with E-state index >= 15 is 0 Å². The minimum atomic E-state index is -1.40. The van der Waals surface area contributed by atoms with Gasteiger partial charge in [-0.2, -0.15) is 0 Å². The summed E-state index contributed by atoms with van der Waals surface area (Å²) >= 11 is 0. The number of carbonyl (C=O) groups excluding carboxylic acids is 3. The van der Waals surface area contributed by atoms with Crippen LogP contribution in [-0.4, -0.2) is 34.8 Å². The number of carbonyl (C=O) groups is 4. The number of hydrogen-bond donors (Lipinski definition) is 2. The van der Waals surface area contributed by atoms with E-state index < -0.39 is 23.3 Å². The van der Waals surface area contributed by atoms with E-state index in [9.17, 15) is 29.4 Å². The zero-order chi connectivity index (χ0) is 30.4. The van der Waals surface area contributed by atoms with Gasteiger partial charge >= 0.3 is 57.4 Å². The zero-order valence-electron chi connectivity index (χ0n) is 26.9. The van der Waals surface area contributed by atoms with Crippen molar-refractivity contribution in [3.05, 3.63) is 23.8 Å². The third-order valence-electron chi connectivity index (χ3n) is 13.8. The van der Waals surface area contributed by atoms with Crippen LogP contribution in [0.5, 0.6) is 0 Å². The molecule has 0 saturated heterocycles. The van der Waals surface area contributed by atoms with Crippen LogP contribution in [0.2, 0.25) is 0 Å². The molecule has 226 valence electrons. The fraction of sp³-hybridized carbons (Fsp3) is 0.765. The Balaban J connectivity index is 0.00000405. The van der Waals surface area contributed by atoms with Crippen molar-refractivity contribution in [1.29, 1.82) is 0 Å². The molecule has 0 radical (unpaired) electrons. The number of carboxylic acids is 2. The second-order valence-electron chi connectivity index (χ2n) is 16.1. The molecule has 2 unspecified atom stereocenters. The average molecular weight is 606 g/mol. The van der Waals surface area contributed by atoms with E-state index in [1.165, 1.54) is 5.57 Å². The molecule has 2 N–H and O–H groups in total. The fourth-order valence-electron chi connectivity index (χ4n) is 11.0. The summed E-state index contributed by atoms with van der Waals surface area (Å²) < 4.78 is 0. The molecule has 0 aromatic rings. The Morgan fingerprint density at radius 1 is 0.929 bits per heavy atom. The molecule has 0 aromatic carbocycles. The number of nitrogens with one attached hydrogen (secondary N) is 1. The van der Waals surface area contributed by atoms with E-state index in [0.29, 0.717) is 12.8 Å². The molecule has 0 spiro atoms. The Kier molecular flexibility index (Phi) is 8.86. The van der Waals surface area contributed by atoms with Gasteiger partial charge in [0.15, 0.2) is 5.78 Å². The maximum absolute atomic E-state index is 14.5. The van der Waals surface area contributed by atoms with Crippen LogP contribution < -0.4 is 61.8 Å². The maximum Gasteiger partial charge on any atom is 1.00 e. The van der Waals surface area contributed by atoms with Crippen LogP contribution in [0.25, 0.3) is 0 Å². The first kappa shape index (κ1) is 34.1. The van der Waals surface area contributed by atoms with E-state index in [1.54, 1.807) is 0 Å². The van der Waals surface area contributed by atoms with E-state index in [1.807, 2.05) is 13.0 Å². The van der Waals surface area contributed by atoms with Crippen molar-refractivity contribution in [3.63, 3.8) is 0 Å². The Hall–Kier alpha value is -0.804. The van der Waals surface area contributed by atoms with E-state index in [4.69, 9.17) is 0 Å². The van der Waals surface area contributed by atoms with E-state index in [0.717, 1.165) is 57.1 Å². The van der Waals surface area contributed by atoms with Crippen molar-refractivity contribution in [2.75, 3.05) is 0 Å². The van der Waals surface area contributed by atoms with Crippen LogP contribution in [0.4, 0.5) is 0 Å². The average Bonchev–Trinajstić information content (AvgIpc) is 2.86. The molecule has 5 aliphatic carbocycles. The van der Waals surface area contributed by atoms with Gasteiger partial charge in [0.25, 0.3) is 0 Å². The van der Waals surface area contributed by atoms with Gasteiger partial charge in [-0.25, -0.2) is 0 Å². The number of ketones is 1. The molecule has 0 bridgehead atoms. The molecule has 7 nitrogen and oxygen atoms in total. The van der Waals surface area contributed by atoms with Crippen molar-refractivity contribution in [3.8, 4) is 0 Å². The normalized spacial score (nSPS) is 45.7. The molecule has 4 fully saturated rings. The fourth-order valence-corrected chi connectivity index (χ4v) is 11.0. The molecule has 5 aliphatic rings. The van der Waals surface area contributed by atoms with Gasteiger partial charge < -0.3 is 20.3 Å². The monoisotopic (exact) mass is 605 g/mol. The van der Waals surface area contributed by atoms with Gasteiger partial charge in [-0.1, -0.05) is 47.1 Å². The predicted molar refractivity (Wildman–Crippen MR) is 153 cm³/mol. The first-order valence-corrected chi connectivity index (χ1v) is 15.5. The van der Waals surface area contributed by atoms with Crippen molar-refractivity contribution in [2.24, 2.45) is 50.2 Å². The molecule has 8 heteroatoms. The molecule has 0 aromatic heterocycles. The second-order valence-corrected chi connectivity index (χ2v) is 16.1. The molecular weight excluding hydrogens is 557 g/mol. The van der Waals surface area contributed by atoms with Gasteiger partial charge in [-0.15, -0.1) is 0 Å². The number of amides is 1. The molecular formula is C34H48KNO6. The topological polar surface area (TPSA) is 124 Å². The van der Waals surface area contributed by atoms with Crippen LogP contribution in [0.15, 0.2) is 23.8 Å². The smallest absolute Gasteiger partial charge is 0.545 e. The summed E-state index contributed by atoms with van der Waals surface area (Å²) in [7, 11) is 0. The largest absolute Gasteiger partial charge is 1.00 e. The van der Waals surface area contributed by atoms with Gasteiger partial charge in [0.1, 0.15) is 0 Å². The van der Waals surface area contributed by atoms with Crippen LogP contribution in [0.1, 0.15) is 106 Å². The Morgan fingerprint density at radius 3 is 2.19 bits per heavy atom. The third kappa shape index (κ3) is 4.88. The molecule has 42 heavy (non-hydrogen) atoms. The van der Waals surface area contributed by atoms with Crippen molar-refractivity contribution >= 4 is 23.6 Å². The number of rotatable bonds is 4. The summed E-state index contributed by atoms with van der Waals surface area (Å²) in [6, 6.07) is -0.129. The molecule has 1 amide bonds. The van der Waals surface area contributed by atoms with Crippen LogP contribution in [-0.2, 0) is 19.2 Å². The summed E-state index contributed by atoms with van der Waals surface area (Å²) in [5.74, 6) is -2.20. The van der Waals surface area contributed by atoms with E-state index in [2.05, 4.69) is 46.9 Å². The Labute approximate surface area is 293 Å².